The van der Waals surface area contributed by atoms with Crippen LogP contribution < -0.4 is 21.3 Å². The lowest BCUT2D eigenvalue weighted by Gasteiger charge is -2.13. The number of nitrogens with zero attached hydrogens (tertiary/aromatic N) is 3. The number of nitrogens with one attached hydrogen (secondary N) is 2. The molecular formula is C20H14Cl2N6O2. The molecule has 0 aliphatic carbocycles. The van der Waals surface area contributed by atoms with E-state index in [1.54, 1.807) is 18.3 Å². The van der Waals surface area contributed by atoms with Gasteiger partial charge < -0.3 is 10.5 Å². The molecule has 1 amide bonds. The lowest BCUT2D eigenvalue weighted by atomic mass is 10.2. The van der Waals surface area contributed by atoms with Gasteiger partial charge in [0.25, 0.3) is 5.91 Å². The first kappa shape index (κ1) is 19.7. The van der Waals surface area contributed by atoms with Crippen molar-refractivity contribution in [3.63, 3.8) is 0 Å². The SMILES string of the molecule is Nc1c(NNC(=O)c2ccc(Cl)cc2Cl)ncnc1Oc1cccc2cccnc12. The largest absolute Gasteiger partial charge is 0.435 e. The number of benzene rings is 2. The van der Waals surface area contributed by atoms with E-state index in [9.17, 15) is 4.79 Å². The molecule has 10 heteroatoms. The van der Waals surface area contributed by atoms with Crippen LogP contribution in [0.25, 0.3) is 10.9 Å². The first-order chi connectivity index (χ1) is 14.5. The van der Waals surface area contributed by atoms with Crippen molar-refractivity contribution in [1.29, 1.82) is 0 Å². The molecule has 0 saturated heterocycles. The molecule has 0 aliphatic heterocycles. The van der Waals surface area contributed by atoms with Gasteiger partial charge in [0, 0.05) is 16.6 Å². The Morgan fingerprint density at radius 2 is 1.87 bits per heavy atom. The van der Waals surface area contributed by atoms with Gasteiger partial charge in [0.2, 0.25) is 5.88 Å². The zero-order valence-corrected chi connectivity index (χ0v) is 16.8. The topological polar surface area (TPSA) is 115 Å². The van der Waals surface area contributed by atoms with Gasteiger partial charge in [-0.25, -0.2) is 4.98 Å². The molecule has 0 aliphatic rings. The number of anilines is 2. The lowest BCUT2D eigenvalue weighted by molar-refractivity contribution is 0.0962. The van der Waals surface area contributed by atoms with E-state index >= 15 is 0 Å². The molecule has 2 aromatic carbocycles. The molecule has 0 radical (unpaired) electrons. The van der Waals surface area contributed by atoms with Gasteiger partial charge in [0.05, 0.1) is 10.6 Å². The van der Waals surface area contributed by atoms with Crippen LogP contribution in [-0.2, 0) is 0 Å². The molecule has 0 bridgehead atoms. The zero-order chi connectivity index (χ0) is 21.1. The molecule has 30 heavy (non-hydrogen) atoms. The number of nitrogens with two attached hydrogens (primary N) is 1. The number of nitrogen functional groups attached to an aromatic ring is 1. The van der Waals surface area contributed by atoms with Crippen molar-refractivity contribution >= 4 is 51.5 Å². The fourth-order valence-electron chi connectivity index (χ4n) is 2.68. The third-order valence-corrected chi connectivity index (χ3v) is 4.67. The number of rotatable bonds is 5. The van der Waals surface area contributed by atoms with E-state index in [-0.39, 0.29) is 28.0 Å². The summed E-state index contributed by atoms with van der Waals surface area (Å²) in [4.78, 5) is 24.8. The maximum Gasteiger partial charge on any atom is 0.271 e. The second kappa shape index (κ2) is 8.40. The van der Waals surface area contributed by atoms with E-state index in [1.165, 1.54) is 18.5 Å². The van der Waals surface area contributed by atoms with Crippen LogP contribution in [0, 0.1) is 0 Å². The Morgan fingerprint density at radius 1 is 1.03 bits per heavy atom. The molecule has 4 aromatic rings. The molecule has 8 nitrogen and oxygen atoms in total. The second-order valence-corrected chi connectivity index (χ2v) is 6.92. The van der Waals surface area contributed by atoms with Crippen LogP contribution >= 0.6 is 23.2 Å². The number of hydrogen-bond donors (Lipinski definition) is 3. The number of amides is 1. The van der Waals surface area contributed by atoms with Crippen LogP contribution in [0.2, 0.25) is 10.0 Å². The van der Waals surface area contributed by atoms with Gasteiger partial charge in [0.1, 0.15) is 17.5 Å². The summed E-state index contributed by atoms with van der Waals surface area (Å²) in [5.41, 5.74) is 12.3. The maximum atomic E-state index is 12.4. The van der Waals surface area contributed by atoms with Gasteiger partial charge in [0.15, 0.2) is 11.6 Å². The third kappa shape index (κ3) is 4.05. The van der Waals surface area contributed by atoms with Crippen LogP contribution in [0.1, 0.15) is 10.4 Å². The fourth-order valence-corrected chi connectivity index (χ4v) is 3.17. The van der Waals surface area contributed by atoms with Crippen LogP contribution in [-0.4, -0.2) is 20.9 Å². The van der Waals surface area contributed by atoms with E-state index in [2.05, 4.69) is 25.8 Å². The number of pyridine rings is 1. The Bertz CT molecular complexity index is 1250. The summed E-state index contributed by atoms with van der Waals surface area (Å²) < 4.78 is 5.86. The molecule has 2 heterocycles. The summed E-state index contributed by atoms with van der Waals surface area (Å²) >= 11 is 11.9. The van der Waals surface area contributed by atoms with Gasteiger partial charge in [-0.15, -0.1) is 0 Å². The van der Waals surface area contributed by atoms with Crippen molar-refractivity contribution in [3.05, 3.63) is 76.7 Å². The molecule has 0 fully saturated rings. The Labute approximate surface area is 181 Å². The molecule has 0 unspecified atom stereocenters. The number of carbonyl (C=O) groups is 1. The number of halogens is 2. The van der Waals surface area contributed by atoms with Crippen molar-refractivity contribution in [1.82, 2.24) is 20.4 Å². The molecular weight excluding hydrogens is 427 g/mol. The average Bonchev–Trinajstić information content (AvgIpc) is 2.74. The van der Waals surface area contributed by atoms with Gasteiger partial charge in [-0.2, -0.15) is 4.98 Å². The molecule has 0 spiro atoms. The third-order valence-electron chi connectivity index (χ3n) is 4.12. The number of hydrogen-bond acceptors (Lipinski definition) is 7. The van der Waals surface area contributed by atoms with Crippen molar-refractivity contribution in [2.45, 2.75) is 0 Å². The summed E-state index contributed by atoms with van der Waals surface area (Å²) in [5, 5.41) is 1.55. The monoisotopic (exact) mass is 440 g/mol. The highest BCUT2D eigenvalue weighted by molar-refractivity contribution is 6.36. The summed E-state index contributed by atoms with van der Waals surface area (Å²) in [6, 6.07) is 13.8. The molecule has 4 N–H and O–H groups in total. The normalized spacial score (nSPS) is 10.6. The molecule has 0 atom stereocenters. The minimum atomic E-state index is -0.490. The molecule has 2 aromatic heterocycles. The van der Waals surface area contributed by atoms with E-state index < -0.39 is 5.91 Å². The quantitative estimate of drug-likeness (QED) is 0.392. The van der Waals surface area contributed by atoms with E-state index in [0.29, 0.717) is 16.3 Å². The average molecular weight is 441 g/mol. The number of fused-ring (bicyclic) bond motifs is 1. The van der Waals surface area contributed by atoms with Gasteiger partial charge >= 0.3 is 0 Å². The maximum absolute atomic E-state index is 12.4. The highest BCUT2D eigenvalue weighted by atomic mass is 35.5. The predicted octanol–water partition coefficient (Wildman–Crippen LogP) is 4.46. The van der Waals surface area contributed by atoms with Gasteiger partial charge in [-0.1, -0.05) is 41.4 Å². The summed E-state index contributed by atoms with van der Waals surface area (Å²) in [5.74, 6) is 0.271. The van der Waals surface area contributed by atoms with Gasteiger partial charge in [-0.3, -0.25) is 20.6 Å². The fraction of sp³-hybridized carbons (Fsp3) is 0. The zero-order valence-electron chi connectivity index (χ0n) is 15.3. The number of para-hydroxylation sites is 1. The van der Waals surface area contributed by atoms with Crippen LogP contribution in [0.5, 0.6) is 11.6 Å². The van der Waals surface area contributed by atoms with Crippen LogP contribution in [0.15, 0.2) is 61.1 Å². The van der Waals surface area contributed by atoms with Gasteiger partial charge in [-0.05, 0) is 30.3 Å². The first-order valence-electron chi connectivity index (χ1n) is 8.66. The summed E-state index contributed by atoms with van der Waals surface area (Å²) in [6.45, 7) is 0. The lowest BCUT2D eigenvalue weighted by Crippen LogP contribution is -2.30. The predicted molar refractivity (Wildman–Crippen MR) is 116 cm³/mol. The van der Waals surface area contributed by atoms with Crippen molar-refractivity contribution in [3.8, 4) is 11.6 Å². The number of aromatic nitrogens is 3. The minimum absolute atomic E-state index is 0.105. The van der Waals surface area contributed by atoms with E-state index in [4.69, 9.17) is 33.7 Å². The second-order valence-electron chi connectivity index (χ2n) is 6.08. The molecule has 0 saturated carbocycles. The standard InChI is InChI=1S/C20H14Cl2N6O2/c21-12-6-7-13(14(22)9-12)19(29)28-27-18-16(23)20(26-10-25-18)30-15-5-1-3-11-4-2-8-24-17(11)15/h1-10H,23H2,(H,28,29)(H,25,26,27). The van der Waals surface area contributed by atoms with Crippen molar-refractivity contribution in [2.24, 2.45) is 0 Å². The highest BCUT2D eigenvalue weighted by Crippen LogP contribution is 2.32. The Kier molecular flexibility index (Phi) is 5.51. The summed E-state index contributed by atoms with van der Waals surface area (Å²) in [6.07, 6.45) is 2.93. The Balaban J connectivity index is 1.54. The first-order valence-corrected chi connectivity index (χ1v) is 9.42. The molecule has 150 valence electrons. The number of ether oxygens (including phenoxy) is 1. The Hall–Kier alpha value is -3.62. The Morgan fingerprint density at radius 3 is 2.70 bits per heavy atom. The minimum Gasteiger partial charge on any atom is -0.435 e. The van der Waals surface area contributed by atoms with E-state index in [1.807, 2.05) is 24.3 Å². The number of hydrazine groups is 1. The van der Waals surface area contributed by atoms with E-state index in [0.717, 1.165) is 5.39 Å². The van der Waals surface area contributed by atoms with Crippen LogP contribution in [0.3, 0.4) is 0 Å². The highest BCUT2D eigenvalue weighted by Gasteiger charge is 2.15. The molecule has 4 rings (SSSR count). The smallest absolute Gasteiger partial charge is 0.271 e. The van der Waals surface area contributed by atoms with Crippen molar-refractivity contribution < 1.29 is 9.53 Å². The van der Waals surface area contributed by atoms with Crippen LogP contribution in [0.4, 0.5) is 11.5 Å². The number of carbonyl (C=O) groups excluding carboxylic acids is 1. The van der Waals surface area contributed by atoms with Crippen molar-refractivity contribution in [2.75, 3.05) is 11.2 Å². The summed E-state index contributed by atoms with van der Waals surface area (Å²) in [7, 11) is 0.